The minimum Gasteiger partial charge on any atom is -0.356 e. The zero-order valence-electron chi connectivity index (χ0n) is 9.15. The number of carbonyl (C=O) groups excluding carboxylic acids is 1. The molecular weight excluding hydrogens is 362 g/mol. The average molecular weight is 371 g/mol. The lowest BCUT2D eigenvalue weighted by Gasteiger charge is -1.96. The van der Waals surface area contributed by atoms with Crippen LogP contribution in [0, 0.1) is 0 Å². The van der Waals surface area contributed by atoms with Gasteiger partial charge in [-0.1, -0.05) is 28.1 Å². The van der Waals surface area contributed by atoms with Gasteiger partial charge in [0.2, 0.25) is 0 Å². The van der Waals surface area contributed by atoms with Crippen LogP contribution in [0.25, 0.3) is 0 Å². The molecule has 0 bridgehead atoms. The SMILES string of the molecule is O=C(N/N=C\c1cccc(Br)c1)c1cc(Br)c[nH]1. The molecule has 0 radical (unpaired) electrons. The summed E-state index contributed by atoms with van der Waals surface area (Å²) >= 11 is 6.62. The minimum absolute atomic E-state index is 0.285. The van der Waals surface area contributed by atoms with E-state index in [1.807, 2.05) is 24.3 Å². The summed E-state index contributed by atoms with van der Waals surface area (Å²) in [5, 5.41) is 3.89. The summed E-state index contributed by atoms with van der Waals surface area (Å²) < 4.78 is 1.79. The molecule has 0 unspecified atom stereocenters. The number of hydrogen-bond acceptors (Lipinski definition) is 2. The largest absolute Gasteiger partial charge is 0.356 e. The van der Waals surface area contributed by atoms with Gasteiger partial charge in [0.15, 0.2) is 0 Å². The third-order valence-corrected chi connectivity index (χ3v) is 3.07. The number of amides is 1. The molecule has 1 heterocycles. The fourth-order valence-electron chi connectivity index (χ4n) is 1.31. The zero-order valence-corrected chi connectivity index (χ0v) is 12.3. The van der Waals surface area contributed by atoms with Crippen LogP contribution in [0.2, 0.25) is 0 Å². The van der Waals surface area contributed by atoms with Gasteiger partial charge >= 0.3 is 0 Å². The fraction of sp³-hybridized carbons (Fsp3) is 0. The first-order valence-electron chi connectivity index (χ1n) is 5.08. The molecule has 18 heavy (non-hydrogen) atoms. The van der Waals surface area contributed by atoms with Gasteiger partial charge in [-0.15, -0.1) is 0 Å². The first kappa shape index (κ1) is 13.0. The van der Waals surface area contributed by atoms with Crippen LogP contribution < -0.4 is 5.43 Å². The maximum absolute atomic E-state index is 11.6. The molecule has 0 fully saturated rings. The molecule has 0 aliphatic rings. The van der Waals surface area contributed by atoms with E-state index in [0.717, 1.165) is 14.5 Å². The number of hydrazone groups is 1. The highest BCUT2D eigenvalue weighted by Gasteiger charge is 2.05. The summed E-state index contributed by atoms with van der Waals surface area (Å²) in [4.78, 5) is 14.5. The Morgan fingerprint density at radius 2 is 2.11 bits per heavy atom. The Kier molecular flexibility index (Phi) is 4.33. The predicted molar refractivity (Wildman–Crippen MR) is 77.7 cm³/mol. The average Bonchev–Trinajstić information content (AvgIpc) is 2.76. The lowest BCUT2D eigenvalue weighted by Crippen LogP contribution is -2.17. The van der Waals surface area contributed by atoms with Crippen LogP contribution in [-0.2, 0) is 0 Å². The van der Waals surface area contributed by atoms with E-state index in [2.05, 4.69) is 47.4 Å². The molecule has 0 atom stereocenters. The number of rotatable bonds is 3. The monoisotopic (exact) mass is 369 g/mol. The Labute approximate surface area is 121 Å². The second-order valence-corrected chi connectivity index (χ2v) is 5.32. The van der Waals surface area contributed by atoms with Crippen LogP contribution in [0.1, 0.15) is 16.1 Å². The van der Waals surface area contributed by atoms with E-state index in [0.29, 0.717) is 5.69 Å². The van der Waals surface area contributed by atoms with Gasteiger partial charge in [0.05, 0.1) is 6.21 Å². The molecule has 2 N–H and O–H groups in total. The van der Waals surface area contributed by atoms with Gasteiger partial charge in [-0.3, -0.25) is 4.79 Å². The van der Waals surface area contributed by atoms with Gasteiger partial charge in [-0.25, -0.2) is 5.43 Å². The standard InChI is InChI=1S/C12H9Br2N3O/c13-9-3-1-2-8(4-9)6-16-17-12(18)11-5-10(14)7-15-11/h1-7,15H,(H,17,18)/b16-6-. The molecule has 4 nitrogen and oxygen atoms in total. The molecule has 0 saturated heterocycles. The van der Waals surface area contributed by atoms with Crippen molar-refractivity contribution >= 4 is 44.0 Å². The molecule has 0 aliphatic heterocycles. The summed E-state index contributed by atoms with van der Waals surface area (Å²) in [6, 6.07) is 9.30. The third kappa shape index (κ3) is 3.54. The maximum Gasteiger partial charge on any atom is 0.287 e. The number of nitrogens with zero attached hydrogens (tertiary/aromatic N) is 1. The molecule has 6 heteroatoms. The van der Waals surface area contributed by atoms with E-state index in [1.54, 1.807) is 18.5 Å². The Balaban J connectivity index is 1.97. The van der Waals surface area contributed by atoms with Gasteiger partial charge < -0.3 is 4.98 Å². The molecule has 0 aliphatic carbocycles. The van der Waals surface area contributed by atoms with E-state index in [-0.39, 0.29) is 5.91 Å². The predicted octanol–water partition coefficient (Wildman–Crippen LogP) is 3.30. The van der Waals surface area contributed by atoms with E-state index >= 15 is 0 Å². The van der Waals surface area contributed by atoms with Crippen molar-refractivity contribution in [2.24, 2.45) is 5.10 Å². The highest BCUT2D eigenvalue weighted by molar-refractivity contribution is 9.10. The van der Waals surface area contributed by atoms with Crippen molar-refractivity contribution in [2.45, 2.75) is 0 Å². The molecule has 0 saturated carbocycles. The molecule has 1 aromatic heterocycles. The molecule has 0 spiro atoms. The van der Waals surface area contributed by atoms with Gasteiger partial charge in [0.25, 0.3) is 5.91 Å². The fourth-order valence-corrected chi connectivity index (χ4v) is 2.07. The van der Waals surface area contributed by atoms with Crippen molar-refractivity contribution in [3.63, 3.8) is 0 Å². The number of halogens is 2. The van der Waals surface area contributed by atoms with Crippen LogP contribution in [0.5, 0.6) is 0 Å². The van der Waals surface area contributed by atoms with Crippen molar-refractivity contribution in [1.82, 2.24) is 10.4 Å². The van der Waals surface area contributed by atoms with Crippen molar-refractivity contribution < 1.29 is 4.79 Å². The van der Waals surface area contributed by atoms with E-state index in [9.17, 15) is 4.79 Å². The van der Waals surface area contributed by atoms with E-state index in [1.165, 1.54) is 0 Å². The summed E-state index contributed by atoms with van der Waals surface area (Å²) in [7, 11) is 0. The highest BCUT2D eigenvalue weighted by Crippen LogP contribution is 2.11. The van der Waals surface area contributed by atoms with Gasteiger partial charge in [-0.05, 0) is 39.7 Å². The quantitative estimate of drug-likeness (QED) is 0.632. The second-order valence-electron chi connectivity index (χ2n) is 3.49. The van der Waals surface area contributed by atoms with Crippen LogP contribution in [0.3, 0.4) is 0 Å². The van der Waals surface area contributed by atoms with Crippen LogP contribution in [0.15, 0.2) is 50.6 Å². The zero-order chi connectivity index (χ0) is 13.0. The van der Waals surface area contributed by atoms with E-state index in [4.69, 9.17) is 0 Å². The number of H-pyrrole nitrogens is 1. The summed E-state index contributed by atoms with van der Waals surface area (Å²) in [5.74, 6) is -0.285. The lowest BCUT2D eigenvalue weighted by molar-refractivity contribution is 0.0951. The third-order valence-electron chi connectivity index (χ3n) is 2.12. The van der Waals surface area contributed by atoms with Crippen LogP contribution in [-0.4, -0.2) is 17.1 Å². The van der Waals surface area contributed by atoms with Crippen molar-refractivity contribution in [1.29, 1.82) is 0 Å². The molecule has 2 aromatic rings. The van der Waals surface area contributed by atoms with Gasteiger partial charge in [0.1, 0.15) is 5.69 Å². The van der Waals surface area contributed by atoms with Gasteiger partial charge in [-0.2, -0.15) is 5.10 Å². The Hall–Kier alpha value is -1.40. The summed E-state index contributed by atoms with van der Waals surface area (Å²) in [6.45, 7) is 0. The second kappa shape index (κ2) is 5.97. The van der Waals surface area contributed by atoms with Crippen LogP contribution in [0.4, 0.5) is 0 Å². The lowest BCUT2D eigenvalue weighted by atomic mass is 10.2. The molecule has 1 amide bonds. The Morgan fingerprint density at radius 1 is 1.28 bits per heavy atom. The number of benzene rings is 1. The van der Waals surface area contributed by atoms with Crippen molar-refractivity contribution in [3.05, 3.63) is 56.7 Å². The summed E-state index contributed by atoms with van der Waals surface area (Å²) in [5.41, 5.74) is 3.80. The normalized spacial score (nSPS) is 10.8. The van der Waals surface area contributed by atoms with Crippen LogP contribution >= 0.6 is 31.9 Å². The minimum atomic E-state index is -0.285. The maximum atomic E-state index is 11.6. The Bertz CT molecular complexity index is 593. The van der Waals surface area contributed by atoms with E-state index < -0.39 is 0 Å². The topological polar surface area (TPSA) is 57.2 Å². The molecule has 1 aromatic carbocycles. The molecule has 2 rings (SSSR count). The molecular formula is C12H9Br2N3O. The van der Waals surface area contributed by atoms with Crippen molar-refractivity contribution in [2.75, 3.05) is 0 Å². The number of hydrogen-bond donors (Lipinski definition) is 2. The first-order chi connectivity index (χ1) is 8.65. The highest BCUT2D eigenvalue weighted by atomic mass is 79.9. The Morgan fingerprint density at radius 3 is 2.78 bits per heavy atom. The number of carbonyl (C=O) groups is 1. The van der Waals surface area contributed by atoms with Crippen molar-refractivity contribution in [3.8, 4) is 0 Å². The number of nitrogens with one attached hydrogen (secondary N) is 2. The first-order valence-corrected chi connectivity index (χ1v) is 6.66. The number of aromatic nitrogens is 1. The smallest absolute Gasteiger partial charge is 0.287 e. The number of aromatic amines is 1. The summed E-state index contributed by atoms with van der Waals surface area (Å²) in [6.07, 6.45) is 3.27. The van der Waals surface area contributed by atoms with Gasteiger partial charge in [0, 0.05) is 15.1 Å². The molecule has 92 valence electrons.